The fourth-order valence-electron chi connectivity index (χ4n) is 1.98. The molecule has 5 nitrogen and oxygen atoms in total. The van der Waals surface area contributed by atoms with E-state index in [0.29, 0.717) is 12.1 Å². The van der Waals surface area contributed by atoms with Gasteiger partial charge in [0.15, 0.2) is 5.58 Å². The Morgan fingerprint density at radius 1 is 1.53 bits per heavy atom. The SMILES string of the molecule is CNC(CCCN)c1ccc2[nH]c(=O)oc2c1. The van der Waals surface area contributed by atoms with E-state index in [-0.39, 0.29) is 6.04 Å². The second kappa shape index (κ2) is 5.16. The van der Waals surface area contributed by atoms with Gasteiger partial charge in [0.05, 0.1) is 5.52 Å². The summed E-state index contributed by atoms with van der Waals surface area (Å²) in [4.78, 5) is 13.7. The molecule has 0 aliphatic heterocycles. The Balaban J connectivity index is 2.30. The van der Waals surface area contributed by atoms with Crippen LogP contribution in [0.25, 0.3) is 11.1 Å². The monoisotopic (exact) mass is 235 g/mol. The van der Waals surface area contributed by atoms with Gasteiger partial charge >= 0.3 is 5.76 Å². The zero-order valence-corrected chi connectivity index (χ0v) is 9.82. The van der Waals surface area contributed by atoms with Gasteiger partial charge in [-0.05, 0) is 44.1 Å². The first-order valence-electron chi connectivity index (χ1n) is 5.74. The van der Waals surface area contributed by atoms with E-state index < -0.39 is 5.76 Å². The van der Waals surface area contributed by atoms with E-state index in [1.807, 2.05) is 25.2 Å². The van der Waals surface area contributed by atoms with Gasteiger partial charge in [-0.15, -0.1) is 0 Å². The standard InChI is InChI=1S/C12H17N3O2/c1-14-9(3-2-6-13)8-4-5-10-11(7-8)17-12(16)15-10/h4-5,7,9,14H,2-3,6,13H2,1H3,(H,15,16). The molecule has 0 aliphatic rings. The van der Waals surface area contributed by atoms with Crippen molar-refractivity contribution < 1.29 is 4.42 Å². The minimum absolute atomic E-state index is 0.239. The molecule has 92 valence electrons. The fourth-order valence-corrected chi connectivity index (χ4v) is 1.98. The van der Waals surface area contributed by atoms with Gasteiger partial charge in [-0.2, -0.15) is 0 Å². The zero-order valence-electron chi connectivity index (χ0n) is 9.82. The predicted molar refractivity (Wildman–Crippen MR) is 66.9 cm³/mol. The Hall–Kier alpha value is -1.59. The van der Waals surface area contributed by atoms with Crippen molar-refractivity contribution in [2.24, 2.45) is 5.73 Å². The van der Waals surface area contributed by atoms with Crippen LogP contribution in [0.2, 0.25) is 0 Å². The summed E-state index contributed by atoms with van der Waals surface area (Å²) < 4.78 is 5.04. The first-order valence-corrected chi connectivity index (χ1v) is 5.74. The lowest BCUT2D eigenvalue weighted by atomic mass is 10.0. The minimum Gasteiger partial charge on any atom is -0.408 e. The van der Waals surface area contributed by atoms with Gasteiger partial charge in [0, 0.05) is 6.04 Å². The fraction of sp³-hybridized carbons (Fsp3) is 0.417. The van der Waals surface area contributed by atoms with Crippen LogP contribution in [-0.2, 0) is 0 Å². The number of nitrogens with one attached hydrogen (secondary N) is 2. The summed E-state index contributed by atoms with van der Waals surface area (Å²) in [6.45, 7) is 0.680. The van der Waals surface area contributed by atoms with Crippen LogP contribution in [0.5, 0.6) is 0 Å². The van der Waals surface area contributed by atoms with Gasteiger partial charge in [-0.3, -0.25) is 4.98 Å². The average molecular weight is 235 g/mol. The molecule has 2 aromatic rings. The maximum Gasteiger partial charge on any atom is 0.417 e. The normalized spacial score (nSPS) is 13.1. The summed E-state index contributed by atoms with van der Waals surface area (Å²) in [6, 6.07) is 5.99. The summed E-state index contributed by atoms with van der Waals surface area (Å²) >= 11 is 0. The lowest BCUT2D eigenvalue weighted by Gasteiger charge is -2.15. The van der Waals surface area contributed by atoms with Crippen LogP contribution >= 0.6 is 0 Å². The molecule has 0 saturated carbocycles. The number of aromatic amines is 1. The van der Waals surface area contributed by atoms with Crippen molar-refractivity contribution in [2.45, 2.75) is 18.9 Å². The van der Waals surface area contributed by atoms with Gasteiger partial charge in [-0.1, -0.05) is 6.07 Å². The molecular formula is C12H17N3O2. The van der Waals surface area contributed by atoms with Crippen molar-refractivity contribution >= 4 is 11.1 Å². The van der Waals surface area contributed by atoms with Crippen LogP contribution in [0.15, 0.2) is 27.4 Å². The first kappa shape index (κ1) is 11.9. The number of fused-ring (bicyclic) bond motifs is 1. The Labute approximate surface area is 99.0 Å². The van der Waals surface area contributed by atoms with Crippen LogP contribution in [0, 0.1) is 0 Å². The molecule has 0 radical (unpaired) electrons. The maximum absolute atomic E-state index is 11.1. The largest absolute Gasteiger partial charge is 0.417 e. The number of oxazole rings is 1. The van der Waals surface area contributed by atoms with Crippen molar-refractivity contribution in [1.29, 1.82) is 0 Å². The number of hydrogen-bond donors (Lipinski definition) is 3. The molecular weight excluding hydrogens is 218 g/mol. The van der Waals surface area contributed by atoms with Gasteiger partial charge in [-0.25, -0.2) is 4.79 Å². The number of aromatic nitrogens is 1. The highest BCUT2D eigenvalue weighted by Gasteiger charge is 2.10. The van der Waals surface area contributed by atoms with Gasteiger partial charge in [0.1, 0.15) is 0 Å². The molecule has 0 amide bonds. The molecule has 1 heterocycles. The number of nitrogens with two attached hydrogens (primary N) is 1. The number of benzene rings is 1. The molecule has 4 N–H and O–H groups in total. The van der Waals surface area contributed by atoms with Crippen molar-refractivity contribution in [3.8, 4) is 0 Å². The van der Waals surface area contributed by atoms with Gasteiger partial charge in [0.25, 0.3) is 0 Å². The van der Waals surface area contributed by atoms with Crippen LogP contribution in [0.1, 0.15) is 24.4 Å². The van der Waals surface area contributed by atoms with E-state index in [4.69, 9.17) is 10.2 Å². The number of H-pyrrole nitrogens is 1. The Morgan fingerprint density at radius 3 is 3.06 bits per heavy atom. The topological polar surface area (TPSA) is 84.0 Å². The highest BCUT2D eigenvalue weighted by atomic mass is 16.4. The molecule has 2 rings (SSSR count). The molecule has 1 unspecified atom stereocenters. The van der Waals surface area contributed by atoms with E-state index >= 15 is 0 Å². The summed E-state index contributed by atoms with van der Waals surface area (Å²) in [7, 11) is 1.92. The second-order valence-electron chi connectivity index (χ2n) is 4.04. The quantitative estimate of drug-likeness (QED) is 0.725. The Bertz CT molecular complexity index is 544. The van der Waals surface area contributed by atoms with E-state index in [2.05, 4.69) is 10.3 Å². The van der Waals surface area contributed by atoms with Crippen LogP contribution in [0.3, 0.4) is 0 Å². The molecule has 17 heavy (non-hydrogen) atoms. The molecule has 0 aliphatic carbocycles. The zero-order chi connectivity index (χ0) is 12.3. The highest BCUT2D eigenvalue weighted by Crippen LogP contribution is 2.21. The molecule has 1 atom stereocenters. The minimum atomic E-state index is -0.417. The van der Waals surface area contributed by atoms with E-state index in [1.54, 1.807) is 0 Å². The van der Waals surface area contributed by atoms with Gasteiger partial charge in [0.2, 0.25) is 0 Å². The Morgan fingerprint density at radius 2 is 2.35 bits per heavy atom. The predicted octanol–water partition coefficient (Wildman–Crippen LogP) is 1.12. The van der Waals surface area contributed by atoms with Crippen molar-refractivity contribution in [3.05, 3.63) is 34.3 Å². The molecule has 5 heteroatoms. The van der Waals surface area contributed by atoms with Crippen LogP contribution in [-0.4, -0.2) is 18.6 Å². The smallest absolute Gasteiger partial charge is 0.408 e. The van der Waals surface area contributed by atoms with Crippen molar-refractivity contribution in [1.82, 2.24) is 10.3 Å². The highest BCUT2D eigenvalue weighted by molar-refractivity contribution is 5.72. The van der Waals surface area contributed by atoms with Crippen LogP contribution < -0.4 is 16.8 Å². The summed E-state index contributed by atoms with van der Waals surface area (Å²) in [5.41, 5.74) is 7.95. The van der Waals surface area contributed by atoms with E-state index in [1.165, 1.54) is 0 Å². The van der Waals surface area contributed by atoms with Gasteiger partial charge < -0.3 is 15.5 Å². The lowest BCUT2D eigenvalue weighted by molar-refractivity contribution is 0.527. The summed E-state index contributed by atoms with van der Waals surface area (Å²) in [6.07, 6.45) is 1.92. The lowest BCUT2D eigenvalue weighted by Crippen LogP contribution is -2.17. The Kier molecular flexibility index (Phi) is 3.61. The maximum atomic E-state index is 11.1. The molecule has 0 spiro atoms. The second-order valence-corrected chi connectivity index (χ2v) is 4.04. The van der Waals surface area contributed by atoms with Crippen molar-refractivity contribution in [3.63, 3.8) is 0 Å². The van der Waals surface area contributed by atoms with E-state index in [9.17, 15) is 4.79 Å². The molecule has 1 aromatic heterocycles. The summed E-state index contributed by atoms with van der Waals surface area (Å²) in [5.74, 6) is -0.417. The third-order valence-electron chi connectivity index (χ3n) is 2.89. The third-order valence-corrected chi connectivity index (χ3v) is 2.89. The third kappa shape index (κ3) is 2.57. The number of rotatable bonds is 5. The average Bonchev–Trinajstić information content (AvgIpc) is 2.69. The van der Waals surface area contributed by atoms with Crippen LogP contribution in [0.4, 0.5) is 0 Å². The summed E-state index contributed by atoms with van der Waals surface area (Å²) in [5, 5.41) is 3.24. The molecule has 0 saturated heterocycles. The first-order chi connectivity index (χ1) is 8.24. The molecule has 0 bridgehead atoms. The molecule has 0 fully saturated rings. The number of hydrogen-bond acceptors (Lipinski definition) is 4. The molecule has 1 aromatic carbocycles. The van der Waals surface area contributed by atoms with Crippen molar-refractivity contribution in [2.75, 3.05) is 13.6 Å². The van der Waals surface area contributed by atoms with E-state index in [0.717, 1.165) is 23.9 Å².